The second kappa shape index (κ2) is 14.3. The fourth-order valence-corrected chi connectivity index (χ4v) is 7.03. The van der Waals surface area contributed by atoms with Gasteiger partial charge in [-0.25, -0.2) is 0 Å². The van der Waals surface area contributed by atoms with Crippen LogP contribution in [0.5, 0.6) is 0 Å². The minimum Gasteiger partial charge on any atom is -0.461 e. The van der Waals surface area contributed by atoms with E-state index in [4.69, 9.17) is 18.9 Å². The number of Topliss-reactive ketones (excluding diaryl/α,β-unsaturated/α-hetero) is 1. The SMILES string of the molecule is COC1(C)C[C@H](O[C@H]2[C@H](C)[C@@H](O)[C@@H](C)C[C@](C)(O)C(=O)[C@H](C)[C@@H](C)[C@@H](C)[C@@H]([C@@H](C)[C@H](C)O)OC(=O)[C@@H]2C)O[C@H](C)C1C. The molecule has 2 aliphatic rings. The monoisotopic (exact) mass is 600 g/mol. The molecule has 0 radical (unpaired) electrons. The normalized spacial score (nSPS) is 48.2. The van der Waals surface area contributed by atoms with Crippen molar-refractivity contribution < 1.29 is 43.9 Å². The number of hydrogen-bond donors (Lipinski definition) is 3. The molecule has 246 valence electrons. The molecule has 2 heterocycles. The van der Waals surface area contributed by atoms with Crippen molar-refractivity contribution in [2.75, 3.05) is 7.11 Å². The molecule has 2 unspecified atom stereocenters. The van der Waals surface area contributed by atoms with Crippen LogP contribution in [0.1, 0.15) is 95.9 Å². The van der Waals surface area contributed by atoms with Crippen LogP contribution in [0, 0.1) is 47.3 Å². The average molecular weight is 601 g/mol. The van der Waals surface area contributed by atoms with Gasteiger partial charge in [0.05, 0.1) is 35.9 Å². The van der Waals surface area contributed by atoms with Crippen molar-refractivity contribution >= 4 is 11.8 Å². The van der Waals surface area contributed by atoms with Gasteiger partial charge in [-0.1, -0.05) is 48.5 Å². The van der Waals surface area contributed by atoms with Gasteiger partial charge in [-0.05, 0) is 58.8 Å². The largest absolute Gasteiger partial charge is 0.461 e. The van der Waals surface area contributed by atoms with Gasteiger partial charge < -0.3 is 34.3 Å². The van der Waals surface area contributed by atoms with Crippen molar-refractivity contribution in [3.8, 4) is 0 Å². The summed E-state index contributed by atoms with van der Waals surface area (Å²) in [5, 5.41) is 33.4. The quantitative estimate of drug-likeness (QED) is 0.394. The summed E-state index contributed by atoms with van der Waals surface area (Å²) < 4.78 is 24.8. The van der Waals surface area contributed by atoms with Crippen LogP contribution < -0.4 is 0 Å². The molecule has 0 aromatic heterocycles. The minimum absolute atomic E-state index is 0.0536. The summed E-state index contributed by atoms with van der Waals surface area (Å²) in [5.41, 5.74) is -2.18. The van der Waals surface area contributed by atoms with Crippen molar-refractivity contribution in [2.45, 2.75) is 144 Å². The van der Waals surface area contributed by atoms with Crippen LogP contribution in [0.2, 0.25) is 0 Å². The van der Waals surface area contributed by atoms with Crippen LogP contribution in [-0.4, -0.2) is 82.2 Å². The highest BCUT2D eigenvalue weighted by molar-refractivity contribution is 5.88. The molecule has 2 aliphatic heterocycles. The molecule has 9 heteroatoms. The number of carbonyl (C=O) groups is 2. The van der Waals surface area contributed by atoms with Crippen molar-refractivity contribution in [1.29, 1.82) is 0 Å². The summed E-state index contributed by atoms with van der Waals surface area (Å²) in [5.74, 6) is -4.08. The summed E-state index contributed by atoms with van der Waals surface area (Å²) in [6.45, 7) is 22.0. The number of hydrogen-bond acceptors (Lipinski definition) is 9. The predicted octanol–water partition coefficient (Wildman–Crippen LogP) is 4.38. The van der Waals surface area contributed by atoms with Crippen LogP contribution in [0.15, 0.2) is 0 Å². The Labute approximate surface area is 254 Å². The minimum atomic E-state index is -1.67. The molecule has 0 bridgehead atoms. The van der Waals surface area contributed by atoms with E-state index in [0.29, 0.717) is 6.42 Å². The zero-order chi connectivity index (χ0) is 32.5. The van der Waals surface area contributed by atoms with E-state index in [9.17, 15) is 24.9 Å². The van der Waals surface area contributed by atoms with Crippen LogP contribution in [0.4, 0.5) is 0 Å². The second-order valence-corrected chi connectivity index (χ2v) is 14.3. The van der Waals surface area contributed by atoms with Gasteiger partial charge in [0.15, 0.2) is 12.1 Å². The summed E-state index contributed by atoms with van der Waals surface area (Å²) in [4.78, 5) is 27.5. The number of carbonyl (C=O) groups excluding carboxylic acids is 2. The van der Waals surface area contributed by atoms with Crippen LogP contribution >= 0.6 is 0 Å². The maximum absolute atomic E-state index is 13.9. The lowest BCUT2D eigenvalue weighted by molar-refractivity contribution is -0.284. The van der Waals surface area contributed by atoms with E-state index in [0.717, 1.165) is 0 Å². The summed E-state index contributed by atoms with van der Waals surface area (Å²) in [6, 6.07) is 0. The zero-order valence-electron chi connectivity index (χ0n) is 28.3. The van der Waals surface area contributed by atoms with Gasteiger partial charge in [-0.2, -0.15) is 0 Å². The summed E-state index contributed by atoms with van der Waals surface area (Å²) in [7, 11) is 1.67. The van der Waals surface area contributed by atoms with E-state index in [2.05, 4.69) is 6.92 Å². The van der Waals surface area contributed by atoms with Gasteiger partial charge in [0.25, 0.3) is 0 Å². The van der Waals surface area contributed by atoms with Crippen molar-refractivity contribution in [3.63, 3.8) is 0 Å². The Hall–Kier alpha value is -1.10. The number of esters is 1. The van der Waals surface area contributed by atoms with Gasteiger partial charge in [-0.15, -0.1) is 0 Å². The topological polar surface area (TPSA) is 132 Å². The third-order valence-corrected chi connectivity index (χ3v) is 11.2. The van der Waals surface area contributed by atoms with Gasteiger partial charge in [0, 0.05) is 37.2 Å². The standard InChI is InChI=1S/C33H60O9/c1-16-14-32(11,38)30(36)19(4)17(2)18(3)28(20(5)24(9)34)42-31(37)22(7)29(21(6)27(16)35)41-26-15-33(12,39-13)23(8)25(10)40-26/h16-29,34-35,38H,14-15H2,1-13H3/t16-,17-,18+,19+,20-,21+,22+,23?,24-,25+,26-,27-,28-,29-,32-,33?/m0/s1. The van der Waals surface area contributed by atoms with Crippen LogP contribution in [0.25, 0.3) is 0 Å². The van der Waals surface area contributed by atoms with E-state index < -0.39 is 77.5 Å². The number of aliphatic hydroxyl groups is 3. The van der Waals surface area contributed by atoms with Crippen molar-refractivity contribution in [3.05, 3.63) is 0 Å². The third-order valence-electron chi connectivity index (χ3n) is 11.2. The van der Waals surface area contributed by atoms with Crippen molar-refractivity contribution in [1.82, 2.24) is 0 Å². The molecule has 0 spiro atoms. The smallest absolute Gasteiger partial charge is 0.311 e. The first-order valence-electron chi connectivity index (χ1n) is 15.9. The molecule has 2 saturated heterocycles. The lowest BCUT2D eigenvalue weighted by Crippen LogP contribution is -2.54. The second-order valence-electron chi connectivity index (χ2n) is 14.3. The highest BCUT2D eigenvalue weighted by Crippen LogP contribution is 2.40. The highest BCUT2D eigenvalue weighted by Gasteiger charge is 2.48. The highest BCUT2D eigenvalue weighted by atomic mass is 16.7. The number of methoxy groups -OCH3 is 1. The molecule has 42 heavy (non-hydrogen) atoms. The van der Waals surface area contributed by atoms with Gasteiger partial charge in [-0.3, -0.25) is 9.59 Å². The Morgan fingerprint density at radius 3 is 2.00 bits per heavy atom. The van der Waals surface area contributed by atoms with Gasteiger partial charge >= 0.3 is 5.97 Å². The van der Waals surface area contributed by atoms with E-state index in [1.807, 2.05) is 41.5 Å². The molecule has 0 aliphatic carbocycles. The molecule has 0 saturated carbocycles. The summed E-state index contributed by atoms with van der Waals surface area (Å²) in [6.07, 6.45) is -3.64. The number of ketones is 1. The fourth-order valence-electron chi connectivity index (χ4n) is 7.03. The molecular formula is C33H60O9. The fraction of sp³-hybridized carbons (Fsp3) is 0.939. The zero-order valence-corrected chi connectivity index (χ0v) is 28.3. The Morgan fingerprint density at radius 2 is 1.48 bits per heavy atom. The van der Waals surface area contributed by atoms with Crippen LogP contribution in [-0.2, 0) is 28.5 Å². The summed E-state index contributed by atoms with van der Waals surface area (Å²) >= 11 is 0. The molecule has 0 aromatic carbocycles. The van der Waals surface area contributed by atoms with Crippen LogP contribution in [0.3, 0.4) is 0 Å². The molecule has 2 rings (SSSR count). The van der Waals surface area contributed by atoms with Crippen molar-refractivity contribution in [2.24, 2.45) is 47.3 Å². The molecule has 0 amide bonds. The Kier molecular flexibility index (Phi) is 12.7. The van der Waals surface area contributed by atoms with E-state index in [-0.39, 0.29) is 36.1 Å². The van der Waals surface area contributed by atoms with E-state index in [1.54, 1.807) is 34.8 Å². The lowest BCUT2D eigenvalue weighted by atomic mass is 9.71. The molecule has 16 atom stereocenters. The first-order chi connectivity index (χ1) is 19.2. The number of cyclic esters (lactones) is 1. The first kappa shape index (κ1) is 37.1. The Balaban J connectivity index is 2.57. The van der Waals surface area contributed by atoms with E-state index in [1.165, 1.54) is 6.92 Å². The number of aliphatic hydroxyl groups excluding tert-OH is 2. The average Bonchev–Trinajstić information content (AvgIpc) is 2.93. The lowest BCUT2D eigenvalue weighted by Gasteiger charge is -2.47. The maximum Gasteiger partial charge on any atom is 0.311 e. The Bertz CT molecular complexity index is 906. The maximum atomic E-state index is 13.9. The molecule has 3 N–H and O–H groups in total. The molecular weight excluding hydrogens is 540 g/mol. The van der Waals surface area contributed by atoms with Gasteiger partial charge in [0.1, 0.15) is 11.7 Å². The molecule has 0 aromatic rings. The first-order valence-corrected chi connectivity index (χ1v) is 15.9. The third kappa shape index (κ3) is 7.94. The predicted molar refractivity (Wildman–Crippen MR) is 160 cm³/mol. The molecule has 9 nitrogen and oxygen atoms in total. The van der Waals surface area contributed by atoms with Gasteiger partial charge in [0.2, 0.25) is 0 Å². The molecule has 2 fully saturated rings. The Morgan fingerprint density at radius 1 is 0.905 bits per heavy atom. The number of ether oxygens (including phenoxy) is 4. The number of rotatable bonds is 5. The van der Waals surface area contributed by atoms with E-state index >= 15 is 0 Å².